The number of carbonyl (C=O) groups excluding carboxylic acids is 1. The molecule has 1 aliphatic rings. The van der Waals surface area contributed by atoms with Gasteiger partial charge in [-0.3, -0.25) is 4.79 Å². The third-order valence-electron chi connectivity index (χ3n) is 4.30. The van der Waals surface area contributed by atoms with E-state index in [-0.39, 0.29) is 5.91 Å². The smallest absolute Gasteiger partial charge is 0.220 e. The van der Waals surface area contributed by atoms with Crippen LogP contribution in [0.15, 0.2) is 33.6 Å². The summed E-state index contributed by atoms with van der Waals surface area (Å²) in [5.41, 5.74) is 0. The fraction of sp³-hybridized carbons (Fsp3) is 0.611. The average Bonchev–Trinajstić information content (AvgIpc) is 2.61. The Morgan fingerprint density at radius 1 is 1.17 bits per heavy atom. The minimum absolute atomic E-state index is 0.162. The highest BCUT2D eigenvalue weighted by molar-refractivity contribution is 9.10. The van der Waals surface area contributed by atoms with Crippen LogP contribution in [0.4, 0.5) is 0 Å². The maximum absolute atomic E-state index is 11.9. The molecule has 0 atom stereocenters. The number of benzene rings is 1. The number of hydrogen-bond donors (Lipinski definition) is 1. The second-order valence-corrected chi connectivity index (χ2v) is 8.12. The number of nitrogens with zero attached hydrogens (tertiary/aromatic N) is 2. The van der Waals surface area contributed by atoms with Gasteiger partial charge >= 0.3 is 0 Å². The molecule has 4 nitrogen and oxygen atoms in total. The lowest BCUT2D eigenvalue weighted by Crippen LogP contribution is -2.46. The lowest BCUT2D eigenvalue weighted by molar-refractivity contribution is -0.120. The minimum Gasteiger partial charge on any atom is -0.356 e. The van der Waals surface area contributed by atoms with Crippen LogP contribution in [0.25, 0.3) is 0 Å². The topological polar surface area (TPSA) is 35.6 Å². The van der Waals surface area contributed by atoms with E-state index in [2.05, 4.69) is 50.1 Å². The van der Waals surface area contributed by atoms with Gasteiger partial charge in [0.2, 0.25) is 5.91 Å². The largest absolute Gasteiger partial charge is 0.356 e. The Bertz CT molecular complexity index is 490. The molecule has 6 heteroatoms. The molecule has 0 bridgehead atoms. The first kappa shape index (κ1) is 19.8. The van der Waals surface area contributed by atoms with E-state index in [0.717, 1.165) is 49.4 Å². The molecule has 1 saturated heterocycles. The van der Waals surface area contributed by atoms with Crippen LogP contribution in [0, 0.1) is 0 Å². The zero-order valence-corrected chi connectivity index (χ0v) is 16.9. The van der Waals surface area contributed by atoms with Crippen molar-refractivity contribution in [2.75, 3.05) is 51.6 Å². The summed E-state index contributed by atoms with van der Waals surface area (Å²) < 4.78 is 1.08. The molecule has 134 valence electrons. The maximum Gasteiger partial charge on any atom is 0.220 e. The number of carbonyl (C=O) groups is 1. The number of piperazine rings is 1. The van der Waals surface area contributed by atoms with E-state index >= 15 is 0 Å². The van der Waals surface area contributed by atoms with E-state index in [1.54, 1.807) is 11.8 Å². The number of halogens is 1. The Labute approximate surface area is 158 Å². The van der Waals surface area contributed by atoms with Crippen LogP contribution < -0.4 is 5.32 Å². The summed E-state index contributed by atoms with van der Waals surface area (Å²) in [6, 6.07) is 8.21. The lowest BCUT2D eigenvalue weighted by Gasteiger charge is -2.33. The van der Waals surface area contributed by atoms with Crippen molar-refractivity contribution in [1.29, 1.82) is 0 Å². The summed E-state index contributed by atoms with van der Waals surface area (Å²) in [6.45, 7) is 9.92. The van der Waals surface area contributed by atoms with Crippen LogP contribution in [-0.4, -0.2) is 67.3 Å². The van der Waals surface area contributed by atoms with Crippen LogP contribution in [-0.2, 0) is 4.79 Å². The summed E-state index contributed by atoms with van der Waals surface area (Å²) in [5.74, 6) is 0.988. The Morgan fingerprint density at radius 2 is 1.83 bits per heavy atom. The summed E-state index contributed by atoms with van der Waals surface area (Å²) in [4.78, 5) is 18.1. The van der Waals surface area contributed by atoms with E-state index in [4.69, 9.17) is 0 Å². The minimum atomic E-state index is 0.162. The number of thioether (sulfide) groups is 1. The number of hydrogen-bond acceptors (Lipinski definition) is 4. The second-order valence-electron chi connectivity index (χ2n) is 6.03. The monoisotopic (exact) mass is 413 g/mol. The summed E-state index contributed by atoms with van der Waals surface area (Å²) >= 11 is 5.16. The highest BCUT2D eigenvalue weighted by Crippen LogP contribution is 2.21. The molecule has 0 aromatic heterocycles. The van der Waals surface area contributed by atoms with E-state index in [0.29, 0.717) is 6.42 Å². The van der Waals surface area contributed by atoms with Crippen molar-refractivity contribution in [3.05, 3.63) is 28.7 Å². The van der Waals surface area contributed by atoms with Gasteiger partial charge in [0.25, 0.3) is 0 Å². The number of likely N-dealkylation sites (N-methyl/N-ethyl adjacent to an activating group) is 1. The highest BCUT2D eigenvalue weighted by atomic mass is 79.9. The Kier molecular flexibility index (Phi) is 9.17. The fourth-order valence-electron chi connectivity index (χ4n) is 2.74. The van der Waals surface area contributed by atoms with Crippen molar-refractivity contribution in [2.24, 2.45) is 0 Å². The molecule has 1 aromatic rings. The van der Waals surface area contributed by atoms with Gasteiger partial charge in [0.1, 0.15) is 0 Å². The van der Waals surface area contributed by atoms with Gasteiger partial charge in [0.05, 0.1) is 0 Å². The standard InChI is InChI=1S/C18H28BrN3OS/c1-2-21-11-13-22(14-12-21)10-3-9-20-18(23)8-15-24-17-6-4-16(19)5-7-17/h4-7H,2-3,8-15H2,1H3,(H,20,23). The molecule has 2 rings (SSSR count). The first-order valence-electron chi connectivity index (χ1n) is 8.77. The number of amides is 1. The van der Waals surface area contributed by atoms with Crippen molar-refractivity contribution < 1.29 is 4.79 Å². The van der Waals surface area contributed by atoms with Gasteiger partial charge in [-0.05, 0) is 43.8 Å². The molecule has 24 heavy (non-hydrogen) atoms. The zero-order chi connectivity index (χ0) is 17.2. The van der Waals surface area contributed by atoms with Gasteiger partial charge in [-0.1, -0.05) is 22.9 Å². The quantitative estimate of drug-likeness (QED) is 0.498. The van der Waals surface area contributed by atoms with E-state index < -0.39 is 0 Å². The second kappa shape index (κ2) is 11.1. The summed E-state index contributed by atoms with van der Waals surface area (Å²) in [6.07, 6.45) is 1.62. The Balaban J connectivity index is 1.48. The van der Waals surface area contributed by atoms with Gasteiger partial charge in [0, 0.05) is 54.3 Å². The average molecular weight is 414 g/mol. The first-order chi connectivity index (χ1) is 11.7. The van der Waals surface area contributed by atoms with E-state index in [9.17, 15) is 4.79 Å². The van der Waals surface area contributed by atoms with Gasteiger partial charge in [-0.2, -0.15) is 0 Å². The SMILES string of the molecule is CCN1CCN(CCCNC(=O)CCSc2ccc(Br)cc2)CC1. The zero-order valence-electron chi connectivity index (χ0n) is 14.5. The van der Waals surface area contributed by atoms with Crippen molar-refractivity contribution in [2.45, 2.75) is 24.7 Å². The van der Waals surface area contributed by atoms with Crippen LogP contribution in [0.2, 0.25) is 0 Å². The molecular weight excluding hydrogens is 386 g/mol. The van der Waals surface area contributed by atoms with Crippen molar-refractivity contribution >= 4 is 33.6 Å². The molecule has 1 aromatic carbocycles. The van der Waals surface area contributed by atoms with Crippen molar-refractivity contribution in [1.82, 2.24) is 15.1 Å². The van der Waals surface area contributed by atoms with Gasteiger partial charge in [0.15, 0.2) is 0 Å². The molecule has 0 unspecified atom stereocenters. The summed E-state index contributed by atoms with van der Waals surface area (Å²) in [5, 5.41) is 3.04. The third-order valence-corrected chi connectivity index (χ3v) is 5.84. The maximum atomic E-state index is 11.9. The van der Waals surface area contributed by atoms with Gasteiger partial charge < -0.3 is 15.1 Å². The van der Waals surface area contributed by atoms with Crippen molar-refractivity contribution in [3.8, 4) is 0 Å². The van der Waals surface area contributed by atoms with Crippen molar-refractivity contribution in [3.63, 3.8) is 0 Å². The van der Waals surface area contributed by atoms with Crippen LogP contribution >= 0.6 is 27.7 Å². The fourth-order valence-corrected chi connectivity index (χ4v) is 3.86. The molecule has 1 fully saturated rings. The first-order valence-corrected chi connectivity index (χ1v) is 10.5. The molecule has 0 aliphatic carbocycles. The van der Waals surface area contributed by atoms with Crippen LogP contribution in [0.5, 0.6) is 0 Å². The molecule has 0 radical (unpaired) electrons. The predicted molar refractivity (Wildman–Crippen MR) is 106 cm³/mol. The molecule has 1 aliphatic heterocycles. The highest BCUT2D eigenvalue weighted by Gasteiger charge is 2.14. The Hall–Kier alpha value is -0.560. The van der Waals surface area contributed by atoms with Crippen LogP contribution in [0.1, 0.15) is 19.8 Å². The van der Waals surface area contributed by atoms with Gasteiger partial charge in [-0.15, -0.1) is 11.8 Å². The third kappa shape index (κ3) is 7.55. The number of nitrogens with one attached hydrogen (secondary N) is 1. The van der Waals surface area contributed by atoms with Crippen LogP contribution in [0.3, 0.4) is 0 Å². The van der Waals surface area contributed by atoms with Gasteiger partial charge in [-0.25, -0.2) is 0 Å². The molecule has 1 N–H and O–H groups in total. The number of rotatable bonds is 9. The molecule has 0 spiro atoms. The van der Waals surface area contributed by atoms with E-state index in [1.807, 2.05) is 12.1 Å². The molecule has 1 heterocycles. The molecule has 1 amide bonds. The normalized spacial score (nSPS) is 16.2. The predicted octanol–water partition coefficient (Wildman–Crippen LogP) is 3.08. The lowest BCUT2D eigenvalue weighted by atomic mass is 10.3. The summed E-state index contributed by atoms with van der Waals surface area (Å²) in [7, 11) is 0. The Morgan fingerprint density at radius 3 is 2.50 bits per heavy atom. The molecular formula is C18H28BrN3OS. The van der Waals surface area contributed by atoms with E-state index in [1.165, 1.54) is 18.0 Å². The molecule has 0 saturated carbocycles.